The van der Waals surface area contributed by atoms with E-state index in [1.807, 2.05) is 0 Å². The average molecular weight is 298 g/mol. The molecule has 1 aromatic carbocycles. The SMILES string of the molecule is COc1ccc(F)c(-c2ncc(Br)nc2N)c1. The van der Waals surface area contributed by atoms with Gasteiger partial charge in [0.05, 0.1) is 13.3 Å². The van der Waals surface area contributed by atoms with Crippen molar-refractivity contribution >= 4 is 21.7 Å². The van der Waals surface area contributed by atoms with Gasteiger partial charge in [0.25, 0.3) is 0 Å². The van der Waals surface area contributed by atoms with Crippen molar-refractivity contribution in [3.05, 3.63) is 34.8 Å². The van der Waals surface area contributed by atoms with Crippen molar-refractivity contribution in [1.82, 2.24) is 9.97 Å². The number of rotatable bonds is 2. The molecule has 0 bridgehead atoms. The zero-order valence-corrected chi connectivity index (χ0v) is 10.5. The zero-order valence-electron chi connectivity index (χ0n) is 8.95. The van der Waals surface area contributed by atoms with Crippen LogP contribution < -0.4 is 10.5 Å². The fourth-order valence-electron chi connectivity index (χ4n) is 1.40. The van der Waals surface area contributed by atoms with Gasteiger partial charge in [0.1, 0.15) is 21.9 Å². The molecule has 17 heavy (non-hydrogen) atoms. The van der Waals surface area contributed by atoms with Gasteiger partial charge in [-0.3, -0.25) is 0 Å². The summed E-state index contributed by atoms with van der Waals surface area (Å²) in [4.78, 5) is 8.03. The molecule has 0 saturated carbocycles. The summed E-state index contributed by atoms with van der Waals surface area (Å²) in [6.07, 6.45) is 1.46. The molecule has 0 aliphatic rings. The van der Waals surface area contributed by atoms with Gasteiger partial charge in [-0.1, -0.05) is 0 Å². The van der Waals surface area contributed by atoms with E-state index in [1.54, 1.807) is 0 Å². The third-order valence-corrected chi connectivity index (χ3v) is 2.58. The Hall–Kier alpha value is -1.69. The molecule has 88 valence electrons. The summed E-state index contributed by atoms with van der Waals surface area (Å²) in [5.41, 5.74) is 6.26. The van der Waals surface area contributed by atoms with Gasteiger partial charge in [0.15, 0.2) is 5.82 Å². The molecule has 2 N–H and O–H groups in total. The number of ether oxygens (including phenoxy) is 1. The molecule has 6 heteroatoms. The highest BCUT2D eigenvalue weighted by molar-refractivity contribution is 9.10. The topological polar surface area (TPSA) is 61.0 Å². The van der Waals surface area contributed by atoms with E-state index in [-0.39, 0.29) is 11.4 Å². The van der Waals surface area contributed by atoms with Gasteiger partial charge in [-0.05, 0) is 34.1 Å². The Balaban J connectivity index is 2.59. The molecule has 1 heterocycles. The highest BCUT2D eigenvalue weighted by Gasteiger charge is 2.12. The molecule has 2 aromatic rings. The first-order valence-corrected chi connectivity index (χ1v) is 5.53. The maximum absolute atomic E-state index is 13.7. The number of nitrogen functional groups attached to an aromatic ring is 1. The van der Waals surface area contributed by atoms with Crippen molar-refractivity contribution in [3.63, 3.8) is 0 Å². The number of nitrogens with zero attached hydrogens (tertiary/aromatic N) is 2. The number of anilines is 1. The van der Waals surface area contributed by atoms with E-state index >= 15 is 0 Å². The van der Waals surface area contributed by atoms with Gasteiger partial charge >= 0.3 is 0 Å². The fourth-order valence-corrected chi connectivity index (χ4v) is 1.69. The van der Waals surface area contributed by atoms with Gasteiger partial charge in [-0.25, -0.2) is 14.4 Å². The second-order valence-corrected chi connectivity index (χ2v) is 4.08. The summed E-state index contributed by atoms with van der Waals surface area (Å²) >= 11 is 3.14. The first-order valence-electron chi connectivity index (χ1n) is 4.73. The normalized spacial score (nSPS) is 10.3. The van der Waals surface area contributed by atoms with E-state index in [0.717, 1.165) is 0 Å². The molecule has 0 unspecified atom stereocenters. The van der Waals surface area contributed by atoms with Crippen LogP contribution in [-0.2, 0) is 0 Å². The number of nitrogens with two attached hydrogens (primary N) is 1. The van der Waals surface area contributed by atoms with Crippen LogP contribution in [0.2, 0.25) is 0 Å². The average Bonchev–Trinajstić information content (AvgIpc) is 2.30. The van der Waals surface area contributed by atoms with Crippen molar-refractivity contribution < 1.29 is 9.13 Å². The predicted octanol–water partition coefficient (Wildman–Crippen LogP) is 2.64. The van der Waals surface area contributed by atoms with E-state index in [1.165, 1.54) is 31.5 Å². The zero-order chi connectivity index (χ0) is 12.4. The minimum absolute atomic E-state index is 0.159. The Bertz CT molecular complexity index is 562. The molecule has 0 aliphatic heterocycles. The van der Waals surface area contributed by atoms with Crippen molar-refractivity contribution in [2.24, 2.45) is 0 Å². The molecule has 0 aliphatic carbocycles. The van der Waals surface area contributed by atoms with Crippen LogP contribution in [0.4, 0.5) is 10.2 Å². The lowest BCUT2D eigenvalue weighted by atomic mass is 10.1. The smallest absolute Gasteiger partial charge is 0.151 e. The Morgan fingerprint density at radius 2 is 2.18 bits per heavy atom. The van der Waals surface area contributed by atoms with Crippen LogP contribution in [0.15, 0.2) is 29.0 Å². The molecule has 0 amide bonds. The van der Waals surface area contributed by atoms with Crippen molar-refractivity contribution in [2.45, 2.75) is 0 Å². The van der Waals surface area contributed by atoms with E-state index in [9.17, 15) is 4.39 Å². The van der Waals surface area contributed by atoms with E-state index in [2.05, 4.69) is 25.9 Å². The van der Waals surface area contributed by atoms with Crippen molar-refractivity contribution in [1.29, 1.82) is 0 Å². The summed E-state index contributed by atoms with van der Waals surface area (Å²) in [5.74, 6) is 0.270. The highest BCUT2D eigenvalue weighted by atomic mass is 79.9. The Morgan fingerprint density at radius 3 is 2.82 bits per heavy atom. The molecule has 0 radical (unpaired) electrons. The van der Waals surface area contributed by atoms with E-state index < -0.39 is 5.82 Å². The van der Waals surface area contributed by atoms with Crippen molar-refractivity contribution in [2.75, 3.05) is 12.8 Å². The summed E-state index contributed by atoms with van der Waals surface area (Å²) in [6.45, 7) is 0. The summed E-state index contributed by atoms with van der Waals surface area (Å²) in [7, 11) is 1.51. The predicted molar refractivity (Wildman–Crippen MR) is 66.1 cm³/mol. The Morgan fingerprint density at radius 1 is 1.41 bits per heavy atom. The minimum Gasteiger partial charge on any atom is -0.497 e. The maximum Gasteiger partial charge on any atom is 0.151 e. The molecule has 0 saturated heterocycles. The Labute approximate surface area is 106 Å². The number of halogens is 2. The highest BCUT2D eigenvalue weighted by Crippen LogP contribution is 2.29. The van der Waals surface area contributed by atoms with Crippen LogP contribution in [0.5, 0.6) is 5.75 Å². The lowest BCUT2D eigenvalue weighted by Crippen LogP contribution is -1.99. The lowest BCUT2D eigenvalue weighted by Gasteiger charge is -2.07. The second-order valence-electron chi connectivity index (χ2n) is 3.27. The maximum atomic E-state index is 13.7. The molecule has 0 spiro atoms. The van der Waals surface area contributed by atoms with Crippen LogP contribution in [0.25, 0.3) is 11.3 Å². The molecular weight excluding hydrogens is 289 g/mol. The lowest BCUT2D eigenvalue weighted by molar-refractivity contribution is 0.414. The third-order valence-electron chi connectivity index (χ3n) is 2.20. The first-order chi connectivity index (χ1) is 8.11. The molecule has 4 nitrogen and oxygen atoms in total. The van der Waals surface area contributed by atoms with Gasteiger partial charge in [0, 0.05) is 5.56 Å². The van der Waals surface area contributed by atoms with Crippen LogP contribution in [0.1, 0.15) is 0 Å². The van der Waals surface area contributed by atoms with Gasteiger partial charge in [-0.15, -0.1) is 0 Å². The standard InChI is InChI=1S/C11H9BrFN3O/c1-17-6-2-3-8(13)7(4-6)10-11(14)16-9(12)5-15-10/h2-5H,1H3,(H2,14,16). The number of hydrogen-bond donors (Lipinski definition) is 1. The fraction of sp³-hybridized carbons (Fsp3) is 0.0909. The number of aromatic nitrogens is 2. The van der Waals surface area contributed by atoms with E-state index in [4.69, 9.17) is 10.5 Å². The molecule has 0 atom stereocenters. The van der Waals surface area contributed by atoms with Crippen LogP contribution in [0.3, 0.4) is 0 Å². The first kappa shape index (κ1) is 11.8. The monoisotopic (exact) mass is 297 g/mol. The van der Waals surface area contributed by atoms with Gasteiger partial charge < -0.3 is 10.5 Å². The van der Waals surface area contributed by atoms with Crippen LogP contribution in [0, 0.1) is 5.82 Å². The summed E-state index contributed by atoms with van der Waals surface area (Å²) in [5, 5.41) is 0. The quantitative estimate of drug-likeness (QED) is 0.926. The van der Waals surface area contributed by atoms with Gasteiger partial charge in [0.2, 0.25) is 0 Å². The van der Waals surface area contributed by atoms with Crippen LogP contribution >= 0.6 is 15.9 Å². The van der Waals surface area contributed by atoms with Crippen LogP contribution in [-0.4, -0.2) is 17.1 Å². The molecule has 0 fully saturated rings. The molecular formula is C11H9BrFN3O. The van der Waals surface area contributed by atoms with Crippen molar-refractivity contribution in [3.8, 4) is 17.0 Å². The summed E-state index contributed by atoms with van der Waals surface area (Å²) in [6, 6.07) is 4.36. The number of hydrogen-bond acceptors (Lipinski definition) is 4. The Kier molecular flexibility index (Phi) is 3.23. The number of methoxy groups -OCH3 is 1. The largest absolute Gasteiger partial charge is 0.497 e. The molecule has 1 aromatic heterocycles. The molecule has 2 rings (SSSR count). The second kappa shape index (κ2) is 4.67. The van der Waals surface area contributed by atoms with Gasteiger partial charge in [-0.2, -0.15) is 0 Å². The summed E-state index contributed by atoms with van der Waals surface area (Å²) < 4.78 is 19.2. The van der Waals surface area contributed by atoms with E-state index in [0.29, 0.717) is 16.0 Å². The minimum atomic E-state index is -0.422. The number of benzene rings is 1. The third kappa shape index (κ3) is 2.36.